The van der Waals surface area contributed by atoms with Crippen molar-refractivity contribution in [1.29, 1.82) is 0 Å². The fourth-order valence-corrected chi connectivity index (χ4v) is 3.37. The first-order chi connectivity index (χ1) is 12.3. The molecule has 0 spiro atoms. The van der Waals surface area contributed by atoms with E-state index in [4.69, 9.17) is 0 Å². The van der Waals surface area contributed by atoms with Gasteiger partial charge in [0.1, 0.15) is 0 Å². The number of hydrogen-bond donors (Lipinski definition) is 1. The normalized spacial score (nSPS) is 12.0. The van der Waals surface area contributed by atoms with Crippen LogP contribution in [0, 0.1) is 0 Å². The van der Waals surface area contributed by atoms with Crippen molar-refractivity contribution in [2.75, 3.05) is 5.32 Å². The molecule has 0 amide bonds. The molecule has 0 aliphatic heterocycles. The fourth-order valence-electron chi connectivity index (χ4n) is 3.37. The van der Waals surface area contributed by atoms with Crippen LogP contribution in [0.15, 0.2) is 97.1 Å². The van der Waals surface area contributed by atoms with Crippen molar-refractivity contribution < 1.29 is 0 Å². The summed E-state index contributed by atoms with van der Waals surface area (Å²) in [5.74, 6) is 0. The maximum Gasteiger partial charge on any atom is 0.0485 e. The topological polar surface area (TPSA) is 12.0 Å². The number of anilines is 1. The smallest absolute Gasteiger partial charge is 0.0485 e. The largest absolute Gasteiger partial charge is 0.378 e. The Hall–Kier alpha value is -3.06. The van der Waals surface area contributed by atoms with Crippen LogP contribution in [0.5, 0.6) is 0 Å². The molecule has 4 rings (SSSR count). The van der Waals surface area contributed by atoms with Gasteiger partial charge in [-0.15, -0.1) is 0 Å². The molecule has 1 atom stereocenters. The van der Waals surface area contributed by atoms with Gasteiger partial charge in [-0.05, 0) is 34.9 Å². The van der Waals surface area contributed by atoms with Crippen LogP contribution in [0.25, 0.3) is 21.9 Å². The minimum absolute atomic E-state index is 0.241. The minimum Gasteiger partial charge on any atom is -0.378 e. The molecular weight excluding hydrogens is 302 g/mol. The molecule has 4 aromatic carbocycles. The summed E-state index contributed by atoms with van der Waals surface area (Å²) in [6.45, 7) is 2.21. The van der Waals surface area contributed by atoms with Gasteiger partial charge in [0.25, 0.3) is 0 Å². The van der Waals surface area contributed by atoms with Crippen LogP contribution < -0.4 is 5.32 Å². The van der Waals surface area contributed by atoms with Crippen LogP contribution in [0.1, 0.15) is 18.5 Å². The molecule has 0 fully saturated rings. The molecule has 0 radical (unpaired) electrons. The zero-order valence-electron chi connectivity index (χ0n) is 14.3. The first kappa shape index (κ1) is 15.5. The summed E-state index contributed by atoms with van der Waals surface area (Å²) in [7, 11) is 0. The van der Waals surface area contributed by atoms with Crippen molar-refractivity contribution in [3.05, 3.63) is 103 Å². The third-order valence-corrected chi connectivity index (χ3v) is 4.66. The van der Waals surface area contributed by atoms with Crippen molar-refractivity contribution in [2.45, 2.75) is 13.0 Å². The first-order valence-electron chi connectivity index (χ1n) is 8.71. The van der Waals surface area contributed by atoms with E-state index in [1.54, 1.807) is 0 Å². The molecule has 0 bridgehead atoms. The van der Waals surface area contributed by atoms with Crippen LogP contribution in [-0.2, 0) is 0 Å². The molecule has 1 heteroatoms. The summed E-state index contributed by atoms with van der Waals surface area (Å²) in [5.41, 5.74) is 4.96. The Labute approximate surface area is 149 Å². The van der Waals surface area contributed by atoms with E-state index in [-0.39, 0.29) is 6.04 Å². The molecule has 0 heterocycles. The van der Waals surface area contributed by atoms with Crippen LogP contribution in [-0.4, -0.2) is 0 Å². The van der Waals surface area contributed by atoms with Crippen molar-refractivity contribution in [2.24, 2.45) is 0 Å². The SMILES string of the molecule is CC(Nc1ccc2ccccc2c1-c1ccccc1)c1ccccc1. The highest BCUT2D eigenvalue weighted by molar-refractivity contribution is 6.02. The minimum atomic E-state index is 0.241. The van der Waals surface area contributed by atoms with Gasteiger partial charge in [-0.2, -0.15) is 0 Å². The lowest BCUT2D eigenvalue weighted by atomic mass is 9.95. The molecule has 4 aromatic rings. The Bertz CT molecular complexity index is 975. The van der Waals surface area contributed by atoms with E-state index in [9.17, 15) is 0 Å². The van der Waals surface area contributed by atoms with E-state index in [0.717, 1.165) is 0 Å². The molecule has 25 heavy (non-hydrogen) atoms. The van der Waals surface area contributed by atoms with Crippen LogP contribution in [0.4, 0.5) is 5.69 Å². The Morgan fingerprint density at radius 3 is 2.04 bits per heavy atom. The maximum absolute atomic E-state index is 3.72. The Kier molecular flexibility index (Phi) is 4.22. The second-order valence-corrected chi connectivity index (χ2v) is 6.35. The molecule has 0 aliphatic rings. The van der Waals surface area contributed by atoms with Crippen LogP contribution >= 0.6 is 0 Å². The zero-order valence-corrected chi connectivity index (χ0v) is 14.3. The number of fused-ring (bicyclic) bond motifs is 1. The second-order valence-electron chi connectivity index (χ2n) is 6.35. The van der Waals surface area contributed by atoms with E-state index in [0.29, 0.717) is 0 Å². The lowest BCUT2D eigenvalue weighted by Crippen LogP contribution is -2.07. The number of nitrogens with one attached hydrogen (secondary N) is 1. The standard InChI is InChI=1S/C24H21N/c1-18(19-10-4-2-5-11-19)25-23-17-16-20-12-8-9-15-22(20)24(23)21-13-6-3-7-14-21/h2-18,25H,1H3. The first-order valence-corrected chi connectivity index (χ1v) is 8.71. The molecule has 0 saturated heterocycles. The van der Waals surface area contributed by atoms with E-state index in [2.05, 4.69) is 109 Å². The number of rotatable bonds is 4. The molecule has 1 unspecified atom stereocenters. The van der Waals surface area contributed by atoms with Gasteiger partial charge >= 0.3 is 0 Å². The van der Waals surface area contributed by atoms with E-state index in [1.807, 2.05) is 0 Å². The van der Waals surface area contributed by atoms with Gasteiger partial charge in [-0.1, -0.05) is 91.0 Å². The van der Waals surface area contributed by atoms with Crippen molar-refractivity contribution >= 4 is 16.5 Å². The van der Waals surface area contributed by atoms with Gasteiger partial charge in [0.15, 0.2) is 0 Å². The van der Waals surface area contributed by atoms with E-state index < -0.39 is 0 Å². The summed E-state index contributed by atoms with van der Waals surface area (Å²) >= 11 is 0. The maximum atomic E-state index is 3.72. The quantitative estimate of drug-likeness (QED) is 0.441. The van der Waals surface area contributed by atoms with E-state index in [1.165, 1.54) is 33.2 Å². The highest BCUT2D eigenvalue weighted by Gasteiger charge is 2.12. The average molecular weight is 323 g/mol. The van der Waals surface area contributed by atoms with Gasteiger partial charge in [0.2, 0.25) is 0 Å². The Morgan fingerprint density at radius 1 is 0.640 bits per heavy atom. The highest BCUT2D eigenvalue weighted by atomic mass is 14.9. The van der Waals surface area contributed by atoms with Gasteiger partial charge < -0.3 is 5.32 Å². The van der Waals surface area contributed by atoms with E-state index >= 15 is 0 Å². The lowest BCUT2D eigenvalue weighted by Gasteiger charge is -2.20. The monoisotopic (exact) mass is 323 g/mol. The second kappa shape index (κ2) is 6.82. The number of benzene rings is 4. The van der Waals surface area contributed by atoms with Gasteiger partial charge in [0.05, 0.1) is 0 Å². The summed E-state index contributed by atoms with van der Waals surface area (Å²) in [6.07, 6.45) is 0. The highest BCUT2D eigenvalue weighted by Crippen LogP contribution is 2.37. The van der Waals surface area contributed by atoms with Gasteiger partial charge in [-0.3, -0.25) is 0 Å². The summed E-state index contributed by atoms with van der Waals surface area (Å²) in [4.78, 5) is 0. The third-order valence-electron chi connectivity index (χ3n) is 4.66. The summed E-state index contributed by atoms with van der Waals surface area (Å²) in [5, 5.41) is 6.26. The molecule has 122 valence electrons. The average Bonchev–Trinajstić information content (AvgIpc) is 2.69. The summed E-state index contributed by atoms with van der Waals surface area (Å²) in [6, 6.07) is 34.4. The Balaban J connectivity index is 1.83. The van der Waals surface area contributed by atoms with Gasteiger partial charge in [0, 0.05) is 17.3 Å². The summed E-state index contributed by atoms with van der Waals surface area (Å²) < 4.78 is 0. The molecule has 0 aromatic heterocycles. The Morgan fingerprint density at radius 2 is 1.28 bits per heavy atom. The van der Waals surface area contributed by atoms with Gasteiger partial charge in [-0.25, -0.2) is 0 Å². The lowest BCUT2D eigenvalue weighted by molar-refractivity contribution is 0.886. The predicted molar refractivity (Wildman–Crippen MR) is 108 cm³/mol. The predicted octanol–water partition coefficient (Wildman–Crippen LogP) is 6.68. The zero-order chi connectivity index (χ0) is 17.1. The van der Waals surface area contributed by atoms with Crippen molar-refractivity contribution in [3.63, 3.8) is 0 Å². The molecule has 1 N–H and O–H groups in total. The van der Waals surface area contributed by atoms with Crippen LogP contribution in [0.2, 0.25) is 0 Å². The molecule has 0 saturated carbocycles. The molecule has 1 nitrogen and oxygen atoms in total. The van der Waals surface area contributed by atoms with Crippen molar-refractivity contribution in [3.8, 4) is 11.1 Å². The fraction of sp³-hybridized carbons (Fsp3) is 0.0833. The molecule has 0 aliphatic carbocycles. The van der Waals surface area contributed by atoms with Crippen molar-refractivity contribution in [1.82, 2.24) is 0 Å². The van der Waals surface area contributed by atoms with Crippen LogP contribution in [0.3, 0.4) is 0 Å². The third kappa shape index (κ3) is 3.14. The number of hydrogen-bond acceptors (Lipinski definition) is 1. The molecular formula is C24H21N.